The Hall–Kier alpha value is -1.30. The van der Waals surface area contributed by atoms with E-state index >= 15 is 0 Å². The molecule has 0 radical (unpaired) electrons. The molecular weight excluding hydrogens is 275 g/mol. The molecular formula is C12H12ClFN2OS. The van der Waals surface area contributed by atoms with Gasteiger partial charge in [-0.1, -0.05) is 11.6 Å². The number of rotatable bonds is 4. The molecule has 2 rings (SSSR count). The van der Waals surface area contributed by atoms with Gasteiger partial charge in [0.1, 0.15) is 5.82 Å². The molecule has 0 aliphatic rings. The van der Waals surface area contributed by atoms with Gasteiger partial charge in [-0.2, -0.15) is 11.3 Å². The van der Waals surface area contributed by atoms with E-state index in [0.29, 0.717) is 11.4 Å². The number of hydrogen-bond donors (Lipinski definition) is 3. The summed E-state index contributed by atoms with van der Waals surface area (Å²) in [5, 5.41) is 16.5. The lowest BCUT2D eigenvalue weighted by atomic mass is 10.2. The highest BCUT2D eigenvalue weighted by molar-refractivity contribution is 7.07. The number of benzene rings is 1. The summed E-state index contributed by atoms with van der Waals surface area (Å²) in [6, 6.07) is 4.40. The smallest absolute Gasteiger partial charge is 0.143 e. The molecule has 18 heavy (non-hydrogen) atoms. The number of aliphatic hydroxyl groups is 1. The molecule has 0 aliphatic heterocycles. The quantitative estimate of drug-likeness (QED) is 0.756. The number of halogens is 2. The Kier molecular flexibility index (Phi) is 4.06. The average molecular weight is 287 g/mol. The molecule has 0 bridgehead atoms. The van der Waals surface area contributed by atoms with Crippen molar-refractivity contribution in [2.75, 3.05) is 17.6 Å². The number of thiophene rings is 1. The summed E-state index contributed by atoms with van der Waals surface area (Å²) in [5.74, 6) is -0.543. The van der Waals surface area contributed by atoms with Crippen molar-refractivity contribution in [2.24, 2.45) is 0 Å². The molecule has 1 heterocycles. The van der Waals surface area contributed by atoms with Crippen molar-refractivity contribution in [3.05, 3.63) is 45.4 Å². The van der Waals surface area contributed by atoms with Crippen molar-refractivity contribution in [3.8, 4) is 0 Å². The van der Waals surface area contributed by atoms with Gasteiger partial charge in [0.2, 0.25) is 0 Å². The molecule has 96 valence electrons. The molecule has 0 saturated heterocycles. The predicted octanol–water partition coefficient (Wildman–Crippen LogP) is 3.27. The maximum Gasteiger partial charge on any atom is 0.143 e. The zero-order valence-corrected chi connectivity index (χ0v) is 10.9. The lowest BCUT2D eigenvalue weighted by Crippen LogP contribution is -2.12. The predicted molar refractivity (Wildman–Crippen MR) is 73.6 cm³/mol. The van der Waals surface area contributed by atoms with Crippen LogP contribution < -0.4 is 11.1 Å². The first-order chi connectivity index (χ1) is 8.58. The van der Waals surface area contributed by atoms with Crippen LogP contribution in [0.25, 0.3) is 0 Å². The summed E-state index contributed by atoms with van der Waals surface area (Å²) in [7, 11) is 0. The van der Waals surface area contributed by atoms with Gasteiger partial charge in [0.05, 0.1) is 22.5 Å². The Bertz CT molecular complexity index is 533. The van der Waals surface area contributed by atoms with E-state index in [4.69, 9.17) is 17.3 Å². The van der Waals surface area contributed by atoms with E-state index in [-0.39, 0.29) is 11.6 Å². The van der Waals surface area contributed by atoms with Crippen LogP contribution in [0.5, 0.6) is 0 Å². The van der Waals surface area contributed by atoms with Crippen LogP contribution in [0.2, 0.25) is 5.02 Å². The van der Waals surface area contributed by atoms with Crippen molar-refractivity contribution in [1.82, 2.24) is 0 Å². The normalized spacial score (nSPS) is 12.4. The molecule has 0 aliphatic carbocycles. The van der Waals surface area contributed by atoms with Gasteiger partial charge < -0.3 is 16.2 Å². The zero-order chi connectivity index (χ0) is 13.1. The van der Waals surface area contributed by atoms with Crippen LogP contribution in [-0.2, 0) is 0 Å². The number of hydrogen-bond acceptors (Lipinski definition) is 4. The molecule has 2 aromatic rings. The van der Waals surface area contributed by atoms with Crippen LogP contribution >= 0.6 is 22.9 Å². The van der Waals surface area contributed by atoms with Crippen LogP contribution in [0.3, 0.4) is 0 Å². The topological polar surface area (TPSA) is 58.3 Å². The van der Waals surface area contributed by atoms with Gasteiger partial charge in [0, 0.05) is 12.6 Å². The fourth-order valence-electron chi connectivity index (χ4n) is 1.50. The average Bonchev–Trinajstić information content (AvgIpc) is 2.85. The molecule has 1 aromatic heterocycles. The monoisotopic (exact) mass is 286 g/mol. The fourth-order valence-corrected chi connectivity index (χ4v) is 2.38. The van der Waals surface area contributed by atoms with E-state index in [1.165, 1.54) is 23.5 Å². The summed E-state index contributed by atoms with van der Waals surface area (Å²) in [5.41, 5.74) is 7.29. The SMILES string of the molecule is Nc1cc(Cl)c(F)cc1NCC(O)c1ccsc1. The van der Waals surface area contributed by atoms with Gasteiger partial charge >= 0.3 is 0 Å². The first-order valence-electron chi connectivity index (χ1n) is 5.26. The summed E-state index contributed by atoms with van der Waals surface area (Å²) in [6.45, 7) is 0.252. The third-order valence-electron chi connectivity index (χ3n) is 2.51. The summed E-state index contributed by atoms with van der Waals surface area (Å²) in [6.07, 6.45) is -0.658. The molecule has 1 atom stereocenters. The van der Waals surface area contributed by atoms with Crippen LogP contribution in [-0.4, -0.2) is 11.7 Å². The van der Waals surface area contributed by atoms with Crippen LogP contribution in [0.15, 0.2) is 29.0 Å². The molecule has 4 N–H and O–H groups in total. The Morgan fingerprint density at radius 1 is 1.50 bits per heavy atom. The van der Waals surface area contributed by atoms with Crippen molar-refractivity contribution < 1.29 is 9.50 Å². The summed E-state index contributed by atoms with van der Waals surface area (Å²) in [4.78, 5) is 0. The number of aliphatic hydroxyl groups excluding tert-OH is 1. The number of anilines is 2. The molecule has 0 amide bonds. The second-order valence-corrected chi connectivity index (χ2v) is 4.99. The van der Waals surface area contributed by atoms with E-state index < -0.39 is 11.9 Å². The number of nitrogens with one attached hydrogen (secondary N) is 1. The number of nitrogen functional groups attached to an aromatic ring is 1. The molecule has 0 spiro atoms. The van der Waals surface area contributed by atoms with Crippen LogP contribution in [0.1, 0.15) is 11.7 Å². The standard InChI is InChI=1S/C12H12ClFN2OS/c13-8-3-10(15)11(4-9(8)14)16-5-12(17)7-1-2-18-6-7/h1-4,6,12,16-17H,5,15H2. The van der Waals surface area contributed by atoms with Crippen molar-refractivity contribution in [3.63, 3.8) is 0 Å². The fraction of sp³-hybridized carbons (Fsp3) is 0.167. The lowest BCUT2D eigenvalue weighted by Gasteiger charge is -2.13. The largest absolute Gasteiger partial charge is 0.397 e. The highest BCUT2D eigenvalue weighted by atomic mass is 35.5. The van der Waals surface area contributed by atoms with Gasteiger partial charge in [0.25, 0.3) is 0 Å². The van der Waals surface area contributed by atoms with Gasteiger partial charge in [-0.3, -0.25) is 0 Å². The molecule has 1 unspecified atom stereocenters. The zero-order valence-electron chi connectivity index (χ0n) is 9.36. The minimum absolute atomic E-state index is 0.0172. The minimum Gasteiger partial charge on any atom is -0.397 e. The van der Waals surface area contributed by atoms with Gasteiger partial charge in [-0.25, -0.2) is 4.39 Å². The van der Waals surface area contributed by atoms with Gasteiger partial charge in [0.15, 0.2) is 0 Å². The number of nitrogens with two attached hydrogens (primary N) is 1. The first kappa shape index (κ1) is 13.1. The maximum absolute atomic E-state index is 13.3. The molecule has 1 aromatic carbocycles. The molecule has 3 nitrogen and oxygen atoms in total. The molecule has 6 heteroatoms. The highest BCUT2D eigenvalue weighted by Crippen LogP contribution is 2.27. The van der Waals surface area contributed by atoms with Crippen LogP contribution in [0.4, 0.5) is 15.8 Å². The molecule has 0 saturated carbocycles. The summed E-state index contributed by atoms with van der Waals surface area (Å²) < 4.78 is 13.3. The second kappa shape index (κ2) is 5.56. The Balaban J connectivity index is 2.04. The second-order valence-electron chi connectivity index (χ2n) is 3.81. The highest BCUT2D eigenvalue weighted by Gasteiger charge is 2.10. The summed E-state index contributed by atoms with van der Waals surface area (Å²) >= 11 is 7.11. The van der Waals surface area contributed by atoms with Gasteiger partial charge in [-0.05, 0) is 28.5 Å². The van der Waals surface area contributed by atoms with Crippen molar-refractivity contribution in [1.29, 1.82) is 0 Å². The van der Waals surface area contributed by atoms with Crippen LogP contribution in [0, 0.1) is 5.82 Å². The van der Waals surface area contributed by atoms with Crippen molar-refractivity contribution in [2.45, 2.75) is 6.10 Å². The Labute approximate surface area is 113 Å². The third-order valence-corrected chi connectivity index (χ3v) is 3.50. The Morgan fingerprint density at radius 2 is 2.28 bits per heavy atom. The first-order valence-corrected chi connectivity index (χ1v) is 6.58. The van der Waals surface area contributed by atoms with E-state index in [1.54, 1.807) is 0 Å². The lowest BCUT2D eigenvalue weighted by molar-refractivity contribution is 0.192. The van der Waals surface area contributed by atoms with Gasteiger partial charge in [-0.15, -0.1) is 0 Å². The van der Waals surface area contributed by atoms with E-state index in [1.807, 2.05) is 16.8 Å². The van der Waals surface area contributed by atoms with Crippen molar-refractivity contribution >= 4 is 34.3 Å². The van der Waals surface area contributed by atoms with E-state index in [0.717, 1.165) is 5.56 Å². The van der Waals surface area contributed by atoms with E-state index in [9.17, 15) is 9.50 Å². The maximum atomic E-state index is 13.3. The third kappa shape index (κ3) is 2.93. The molecule has 0 fully saturated rings. The Morgan fingerprint density at radius 3 is 2.94 bits per heavy atom. The minimum atomic E-state index is -0.658. The van der Waals surface area contributed by atoms with E-state index in [2.05, 4.69) is 5.32 Å².